The van der Waals surface area contributed by atoms with E-state index in [9.17, 15) is 22.4 Å². The number of amides is 1. The van der Waals surface area contributed by atoms with E-state index in [1.165, 1.54) is 23.1 Å². The van der Waals surface area contributed by atoms with E-state index in [0.29, 0.717) is 52.8 Å². The number of hydrogen-bond donors (Lipinski definition) is 0. The fraction of sp³-hybridized carbons (Fsp3) is 0.240. The van der Waals surface area contributed by atoms with Crippen LogP contribution in [0.3, 0.4) is 0 Å². The largest absolute Gasteiger partial charge is 0.433 e. The minimum atomic E-state index is -4.72. The molecule has 5 rings (SSSR count). The van der Waals surface area contributed by atoms with Gasteiger partial charge in [0.05, 0.1) is 5.69 Å². The van der Waals surface area contributed by atoms with Gasteiger partial charge in [-0.25, -0.2) is 13.9 Å². The molecule has 0 bridgehead atoms. The van der Waals surface area contributed by atoms with Crippen LogP contribution in [0.15, 0.2) is 54.6 Å². The van der Waals surface area contributed by atoms with Gasteiger partial charge in [0.1, 0.15) is 5.82 Å². The molecule has 1 aliphatic heterocycles. The molecular formula is C25H19Cl2F4N5O. The van der Waals surface area contributed by atoms with Crippen molar-refractivity contribution in [3.8, 4) is 11.3 Å². The van der Waals surface area contributed by atoms with E-state index in [0.717, 1.165) is 11.6 Å². The van der Waals surface area contributed by atoms with Gasteiger partial charge in [0.2, 0.25) is 0 Å². The van der Waals surface area contributed by atoms with Gasteiger partial charge in [-0.05, 0) is 35.9 Å². The van der Waals surface area contributed by atoms with E-state index in [1.807, 2.05) is 0 Å². The van der Waals surface area contributed by atoms with Crippen LogP contribution in [-0.2, 0) is 12.7 Å². The lowest BCUT2D eigenvalue weighted by atomic mass is 10.1. The van der Waals surface area contributed by atoms with Crippen molar-refractivity contribution in [2.24, 2.45) is 0 Å². The molecule has 1 amide bonds. The third-order valence-corrected chi connectivity index (χ3v) is 6.75. The molecule has 37 heavy (non-hydrogen) atoms. The Morgan fingerprint density at radius 1 is 0.946 bits per heavy atom. The van der Waals surface area contributed by atoms with Gasteiger partial charge < -0.3 is 4.90 Å². The first-order valence-electron chi connectivity index (χ1n) is 11.3. The van der Waals surface area contributed by atoms with E-state index < -0.39 is 23.6 Å². The highest BCUT2D eigenvalue weighted by Gasteiger charge is 2.36. The lowest BCUT2D eigenvalue weighted by molar-refractivity contribution is -0.142. The quantitative estimate of drug-likeness (QED) is 0.300. The van der Waals surface area contributed by atoms with Crippen molar-refractivity contribution in [3.63, 3.8) is 0 Å². The van der Waals surface area contributed by atoms with E-state index in [4.69, 9.17) is 23.2 Å². The number of carbonyl (C=O) groups is 1. The molecule has 0 N–H and O–H groups in total. The smallest absolute Gasteiger partial charge is 0.335 e. The summed E-state index contributed by atoms with van der Waals surface area (Å²) in [6, 6.07) is 12.6. The summed E-state index contributed by atoms with van der Waals surface area (Å²) < 4.78 is 55.6. The minimum absolute atomic E-state index is 0.0865. The molecule has 0 aliphatic carbocycles. The summed E-state index contributed by atoms with van der Waals surface area (Å²) in [5.41, 5.74) is 0.0502. The van der Waals surface area contributed by atoms with Crippen LogP contribution in [0.25, 0.3) is 16.9 Å². The van der Waals surface area contributed by atoms with Gasteiger partial charge in [-0.1, -0.05) is 41.4 Å². The molecule has 1 fully saturated rings. The predicted molar refractivity (Wildman–Crippen MR) is 131 cm³/mol. The number of nitrogens with zero attached hydrogens (tertiary/aromatic N) is 5. The summed E-state index contributed by atoms with van der Waals surface area (Å²) in [7, 11) is 0. The number of piperazine rings is 1. The Hall–Kier alpha value is -3.21. The van der Waals surface area contributed by atoms with Crippen molar-refractivity contribution in [1.82, 2.24) is 24.4 Å². The second-order valence-corrected chi connectivity index (χ2v) is 9.48. The van der Waals surface area contributed by atoms with E-state index in [-0.39, 0.29) is 17.0 Å². The fourth-order valence-electron chi connectivity index (χ4n) is 4.21. The molecule has 12 heteroatoms. The van der Waals surface area contributed by atoms with Crippen molar-refractivity contribution in [2.75, 3.05) is 26.2 Å². The Kier molecular flexibility index (Phi) is 6.82. The number of benzene rings is 2. The van der Waals surface area contributed by atoms with Crippen LogP contribution >= 0.6 is 23.2 Å². The first-order chi connectivity index (χ1) is 17.6. The van der Waals surface area contributed by atoms with Gasteiger partial charge in [-0.2, -0.15) is 18.3 Å². The molecule has 1 saturated heterocycles. The molecular weight excluding hydrogens is 533 g/mol. The van der Waals surface area contributed by atoms with Crippen LogP contribution in [0.4, 0.5) is 17.6 Å². The standard InChI is InChI=1S/C25H19Cl2F4N5O/c26-17-4-1-15(2-5-17)20-12-22(25(29,30)31)36-23(32-20)13-21(33-36)24(37)35-9-7-34(8-10-35)14-16-3-6-18(28)11-19(16)27/h1-6,11-13H,7-10,14H2. The summed E-state index contributed by atoms with van der Waals surface area (Å²) in [6.45, 7) is 2.21. The van der Waals surface area contributed by atoms with Crippen LogP contribution in [0.1, 0.15) is 21.7 Å². The zero-order valence-corrected chi connectivity index (χ0v) is 20.7. The topological polar surface area (TPSA) is 53.7 Å². The van der Waals surface area contributed by atoms with Gasteiger partial charge >= 0.3 is 6.18 Å². The fourth-order valence-corrected chi connectivity index (χ4v) is 4.56. The highest BCUT2D eigenvalue weighted by molar-refractivity contribution is 6.31. The number of halogens is 6. The number of alkyl halides is 3. The van der Waals surface area contributed by atoms with Gasteiger partial charge in [-0.15, -0.1) is 0 Å². The van der Waals surface area contributed by atoms with Gasteiger partial charge in [0.15, 0.2) is 17.0 Å². The Labute approximate surface area is 219 Å². The lowest BCUT2D eigenvalue weighted by Gasteiger charge is -2.34. The highest BCUT2D eigenvalue weighted by Crippen LogP contribution is 2.33. The number of carbonyl (C=O) groups excluding carboxylic acids is 1. The normalized spacial score (nSPS) is 14.9. The predicted octanol–water partition coefficient (Wildman–Crippen LogP) is 5.82. The van der Waals surface area contributed by atoms with Crippen molar-refractivity contribution >= 4 is 34.8 Å². The molecule has 192 valence electrons. The molecule has 0 radical (unpaired) electrons. The SMILES string of the molecule is O=C(c1cc2nc(-c3ccc(Cl)cc3)cc(C(F)(F)F)n2n1)N1CCN(Cc2ccc(F)cc2Cl)CC1. The highest BCUT2D eigenvalue weighted by atomic mass is 35.5. The Morgan fingerprint density at radius 3 is 2.30 bits per heavy atom. The Balaban J connectivity index is 1.36. The van der Waals surface area contributed by atoms with Crippen LogP contribution in [-0.4, -0.2) is 56.5 Å². The van der Waals surface area contributed by atoms with Gasteiger partial charge in [0, 0.05) is 54.4 Å². The Morgan fingerprint density at radius 2 is 1.65 bits per heavy atom. The number of fused-ring (bicyclic) bond motifs is 1. The van der Waals surface area contributed by atoms with E-state index >= 15 is 0 Å². The summed E-state index contributed by atoms with van der Waals surface area (Å²) in [5, 5.41) is 4.74. The molecule has 0 atom stereocenters. The second-order valence-electron chi connectivity index (χ2n) is 8.63. The molecule has 0 saturated carbocycles. The lowest BCUT2D eigenvalue weighted by Crippen LogP contribution is -2.48. The van der Waals surface area contributed by atoms with Crippen LogP contribution in [0.5, 0.6) is 0 Å². The molecule has 3 heterocycles. The zero-order chi connectivity index (χ0) is 26.3. The summed E-state index contributed by atoms with van der Waals surface area (Å²) in [5.74, 6) is -0.897. The maximum Gasteiger partial charge on any atom is 0.433 e. The Bertz CT molecular complexity index is 1460. The van der Waals surface area contributed by atoms with Gasteiger partial charge in [-0.3, -0.25) is 9.69 Å². The molecule has 4 aromatic rings. The van der Waals surface area contributed by atoms with Crippen LogP contribution < -0.4 is 0 Å². The summed E-state index contributed by atoms with van der Waals surface area (Å²) in [4.78, 5) is 21.0. The van der Waals surface area contributed by atoms with Crippen molar-refractivity contribution in [2.45, 2.75) is 12.7 Å². The third kappa shape index (κ3) is 5.41. The first kappa shape index (κ1) is 25.4. The van der Waals surface area contributed by atoms with E-state index in [2.05, 4.69) is 15.0 Å². The molecule has 6 nitrogen and oxygen atoms in total. The average molecular weight is 552 g/mol. The van der Waals surface area contributed by atoms with Crippen molar-refractivity contribution < 1.29 is 22.4 Å². The van der Waals surface area contributed by atoms with Crippen molar-refractivity contribution in [1.29, 1.82) is 0 Å². The number of aromatic nitrogens is 3. The van der Waals surface area contributed by atoms with Gasteiger partial charge in [0.25, 0.3) is 5.91 Å². The monoisotopic (exact) mass is 551 g/mol. The minimum Gasteiger partial charge on any atom is -0.335 e. The van der Waals surface area contributed by atoms with Crippen LogP contribution in [0, 0.1) is 5.82 Å². The summed E-state index contributed by atoms with van der Waals surface area (Å²) in [6.07, 6.45) is -4.72. The third-order valence-electron chi connectivity index (χ3n) is 6.15. The van der Waals surface area contributed by atoms with E-state index in [1.54, 1.807) is 30.3 Å². The second kappa shape index (κ2) is 9.92. The first-order valence-corrected chi connectivity index (χ1v) is 12.0. The molecule has 0 spiro atoms. The van der Waals surface area contributed by atoms with Crippen molar-refractivity contribution in [3.05, 3.63) is 87.4 Å². The molecule has 2 aromatic heterocycles. The molecule has 1 aliphatic rings. The maximum absolute atomic E-state index is 13.9. The summed E-state index contributed by atoms with van der Waals surface area (Å²) >= 11 is 12.0. The maximum atomic E-state index is 13.9. The molecule has 2 aromatic carbocycles. The van der Waals surface area contributed by atoms with Crippen LogP contribution in [0.2, 0.25) is 10.0 Å². The average Bonchev–Trinajstić information content (AvgIpc) is 3.29. The zero-order valence-electron chi connectivity index (χ0n) is 19.1. The number of hydrogen-bond acceptors (Lipinski definition) is 4. The number of rotatable bonds is 4. The molecule has 0 unspecified atom stereocenters.